The molecule has 0 bridgehead atoms. The van der Waals surface area contributed by atoms with Crippen LogP contribution in [-0.2, 0) is 0 Å². The summed E-state index contributed by atoms with van der Waals surface area (Å²) in [7, 11) is 0. The lowest BCUT2D eigenvalue weighted by Gasteiger charge is -2.36. The van der Waals surface area contributed by atoms with Gasteiger partial charge in [0.25, 0.3) is 5.56 Å². The van der Waals surface area contributed by atoms with Crippen molar-refractivity contribution in [2.45, 2.75) is 56.5 Å². The van der Waals surface area contributed by atoms with Crippen molar-refractivity contribution in [3.63, 3.8) is 0 Å². The fraction of sp³-hybridized carbons (Fsp3) is 0.667. The Bertz CT molecular complexity index is 897. The first-order chi connectivity index (χ1) is 13.1. The second kappa shape index (κ2) is 6.87. The number of hydrogen-bond donors (Lipinski definition) is 0. The molecule has 1 saturated heterocycles. The largest absolute Gasteiger partial charge is 0.338 e. The maximum atomic E-state index is 12.4. The standard InChI is InChI=1S/C18H21Cl2N5O2/c19-13-9-21-25(18(26)14(13)20)12-5-7-24(8-6-12)15(10-1-2-10)17-22-16(23-27-17)11-3-4-11/h9-12,15H,1-8H2. The Labute approximate surface area is 166 Å². The lowest BCUT2D eigenvalue weighted by molar-refractivity contribution is 0.0941. The third kappa shape index (κ3) is 3.41. The highest BCUT2D eigenvalue weighted by Gasteiger charge is 2.42. The van der Waals surface area contributed by atoms with E-state index in [-0.39, 0.29) is 27.7 Å². The van der Waals surface area contributed by atoms with E-state index in [1.807, 2.05) is 0 Å². The quantitative estimate of drug-likeness (QED) is 0.750. The van der Waals surface area contributed by atoms with Gasteiger partial charge in [0, 0.05) is 19.0 Å². The molecule has 1 atom stereocenters. The number of rotatable bonds is 5. The van der Waals surface area contributed by atoms with Crippen molar-refractivity contribution >= 4 is 23.2 Å². The summed E-state index contributed by atoms with van der Waals surface area (Å²) >= 11 is 11.9. The monoisotopic (exact) mass is 409 g/mol. The fourth-order valence-corrected chi connectivity index (χ4v) is 4.30. The number of hydrogen-bond acceptors (Lipinski definition) is 6. The average Bonchev–Trinajstić information content (AvgIpc) is 3.61. The molecular formula is C18H21Cl2N5O2. The highest BCUT2D eigenvalue weighted by Crippen LogP contribution is 2.46. The second-order valence-corrected chi connectivity index (χ2v) is 8.66. The number of likely N-dealkylation sites (tertiary alicyclic amines) is 1. The Balaban J connectivity index is 1.31. The molecule has 2 aliphatic carbocycles. The molecule has 2 aromatic heterocycles. The third-order valence-corrected chi connectivity index (χ3v) is 6.61. The van der Waals surface area contributed by atoms with E-state index in [4.69, 9.17) is 32.7 Å². The molecule has 0 N–H and O–H groups in total. The zero-order chi connectivity index (χ0) is 18.5. The minimum absolute atomic E-state index is 0.0353. The van der Waals surface area contributed by atoms with Crippen molar-refractivity contribution in [1.29, 1.82) is 0 Å². The summed E-state index contributed by atoms with van der Waals surface area (Å²) in [6.07, 6.45) is 7.87. The molecule has 27 heavy (non-hydrogen) atoms. The lowest BCUT2D eigenvalue weighted by Crippen LogP contribution is -2.41. The van der Waals surface area contributed by atoms with Crippen LogP contribution >= 0.6 is 23.2 Å². The predicted octanol–water partition coefficient (Wildman–Crippen LogP) is 3.60. The van der Waals surface area contributed by atoms with Crippen LogP contribution in [0.3, 0.4) is 0 Å². The Morgan fingerprint density at radius 2 is 1.85 bits per heavy atom. The number of piperidine rings is 1. The molecule has 0 amide bonds. The van der Waals surface area contributed by atoms with Gasteiger partial charge in [-0.1, -0.05) is 28.4 Å². The van der Waals surface area contributed by atoms with Gasteiger partial charge in [0.2, 0.25) is 5.89 Å². The molecule has 0 radical (unpaired) electrons. The van der Waals surface area contributed by atoms with Gasteiger partial charge < -0.3 is 4.52 Å². The van der Waals surface area contributed by atoms with Crippen LogP contribution in [0, 0.1) is 5.92 Å². The van der Waals surface area contributed by atoms with Gasteiger partial charge in [0.05, 0.1) is 23.3 Å². The summed E-state index contributed by atoms with van der Waals surface area (Å²) in [6, 6.07) is 0.234. The molecule has 0 spiro atoms. The van der Waals surface area contributed by atoms with Crippen molar-refractivity contribution in [3.05, 3.63) is 38.3 Å². The minimum Gasteiger partial charge on any atom is -0.338 e. The van der Waals surface area contributed by atoms with Gasteiger partial charge >= 0.3 is 0 Å². The molecule has 1 unspecified atom stereocenters. The number of halogens is 2. The van der Waals surface area contributed by atoms with Gasteiger partial charge in [-0.25, -0.2) is 4.68 Å². The molecule has 3 heterocycles. The summed E-state index contributed by atoms with van der Waals surface area (Å²) in [5.74, 6) is 2.74. The predicted molar refractivity (Wildman–Crippen MR) is 100 cm³/mol. The second-order valence-electron chi connectivity index (χ2n) is 7.87. The molecule has 9 heteroatoms. The zero-order valence-corrected chi connectivity index (χ0v) is 16.4. The molecule has 144 valence electrons. The van der Waals surface area contributed by atoms with Gasteiger partial charge in [0.1, 0.15) is 5.02 Å². The summed E-state index contributed by atoms with van der Waals surface area (Å²) in [5.41, 5.74) is -0.313. The summed E-state index contributed by atoms with van der Waals surface area (Å²) in [4.78, 5) is 19.5. The third-order valence-electron chi connectivity index (χ3n) is 5.86. The van der Waals surface area contributed by atoms with Crippen LogP contribution in [0.15, 0.2) is 15.5 Å². The van der Waals surface area contributed by atoms with Crippen LogP contribution in [0.2, 0.25) is 10.0 Å². The van der Waals surface area contributed by atoms with Crippen molar-refractivity contribution < 1.29 is 4.52 Å². The Morgan fingerprint density at radius 1 is 1.11 bits per heavy atom. The van der Waals surface area contributed by atoms with E-state index in [0.717, 1.165) is 37.6 Å². The Morgan fingerprint density at radius 3 is 2.52 bits per heavy atom. The van der Waals surface area contributed by atoms with Gasteiger partial charge in [-0.15, -0.1) is 0 Å². The van der Waals surface area contributed by atoms with E-state index in [9.17, 15) is 4.79 Å². The van der Waals surface area contributed by atoms with E-state index in [1.165, 1.54) is 36.6 Å². The van der Waals surface area contributed by atoms with Crippen molar-refractivity contribution in [1.82, 2.24) is 24.8 Å². The normalized spacial score (nSPS) is 22.9. The van der Waals surface area contributed by atoms with Gasteiger partial charge in [-0.05, 0) is 44.4 Å². The lowest BCUT2D eigenvalue weighted by atomic mass is 10.0. The summed E-state index contributed by atoms with van der Waals surface area (Å²) < 4.78 is 7.12. The zero-order valence-electron chi connectivity index (χ0n) is 14.9. The van der Waals surface area contributed by atoms with E-state index in [2.05, 4.69) is 15.2 Å². The molecular weight excluding hydrogens is 389 g/mol. The van der Waals surface area contributed by atoms with Crippen LogP contribution in [0.4, 0.5) is 0 Å². The van der Waals surface area contributed by atoms with Crippen LogP contribution < -0.4 is 5.56 Å². The fourth-order valence-electron chi connectivity index (χ4n) is 4.04. The smallest absolute Gasteiger partial charge is 0.287 e. The topological polar surface area (TPSA) is 77.1 Å². The molecule has 2 aromatic rings. The minimum atomic E-state index is -0.313. The van der Waals surface area contributed by atoms with E-state index < -0.39 is 0 Å². The summed E-state index contributed by atoms with van der Waals surface area (Å²) in [5, 5.41) is 8.64. The van der Waals surface area contributed by atoms with E-state index in [0.29, 0.717) is 11.8 Å². The highest BCUT2D eigenvalue weighted by molar-refractivity contribution is 6.41. The number of nitrogens with zero attached hydrogens (tertiary/aromatic N) is 5. The summed E-state index contributed by atoms with van der Waals surface area (Å²) in [6.45, 7) is 1.72. The average molecular weight is 410 g/mol. The van der Waals surface area contributed by atoms with E-state index in [1.54, 1.807) is 0 Å². The van der Waals surface area contributed by atoms with Gasteiger partial charge in [-0.2, -0.15) is 10.1 Å². The molecule has 1 aliphatic heterocycles. The molecule has 2 saturated carbocycles. The maximum Gasteiger partial charge on any atom is 0.287 e. The first-order valence-corrected chi connectivity index (χ1v) is 10.4. The van der Waals surface area contributed by atoms with Crippen LogP contribution in [-0.4, -0.2) is 37.9 Å². The van der Waals surface area contributed by atoms with Crippen molar-refractivity contribution in [2.24, 2.45) is 5.92 Å². The maximum absolute atomic E-state index is 12.4. The molecule has 0 aromatic carbocycles. The SMILES string of the molecule is O=c1c(Cl)c(Cl)cnn1C1CCN(C(c2nc(C3CC3)no2)C2CC2)CC1. The van der Waals surface area contributed by atoms with Gasteiger partial charge in [0.15, 0.2) is 5.82 Å². The molecule has 7 nitrogen and oxygen atoms in total. The Kier molecular flexibility index (Phi) is 4.49. The van der Waals surface area contributed by atoms with Crippen molar-refractivity contribution in [2.75, 3.05) is 13.1 Å². The first kappa shape index (κ1) is 17.6. The van der Waals surface area contributed by atoms with Crippen LogP contribution in [0.25, 0.3) is 0 Å². The highest BCUT2D eigenvalue weighted by atomic mass is 35.5. The van der Waals surface area contributed by atoms with Crippen LogP contribution in [0.1, 0.15) is 68.2 Å². The number of aromatic nitrogens is 4. The van der Waals surface area contributed by atoms with Crippen LogP contribution in [0.5, 0.6) is 0 Å². The first-order valence-electron chi connectivity index (χ1n) is 9.62. The van der Waals surface area contributed by atoms with E-state index >= 15 is 0 Å². The molecule has 3 aliphatic rings. The Hall–Kier alpha value is -1.44. The molecule has 5 rings (SSSR count). The van der Waals surface area contributed by atoms with Crippen molar-refractivity contribution in [3.8, 4) is 0 Å². The van der Waals surface area contributed by atoms with Gasteiger partial charge in [-0.3, -0.25) is 9.69 Å². The molecule has 3 fully saturated rings.